The summed E-state index contributed by atoms with van der Waals surface area (Å²) in [7, 11) is 0. The van der Waals surface area contributed by atoms with Crippen molar-refractivity contribution < 1.29 is 28.5 Å². The van der Waals surface area contributed by atoms with Crippen LogP contribution in [0.3, 0.4) is 0 Å². The largest absolute Gasteiger partial charge is 0.464 e. The van der Waals surface area contributed by atoms with E-state index in [4.69, 9.17) is 36.1 Å². The number of hydrogen-bond donors (Lipinski definition) is 0. The molecule has 0 aliphatic carbocycles. The molecule has 166 valence electrons. The van der Waals surface area contributed by atoms with Crippen molar-refractivity contribution in [3.8, 4) is 0 Å². The molecule has 1 unspecified atom stereocenters. The Bertz CT molecular complexity index is 997. The van der Waals surface area contributed by atoms with E-state index in [1.165, 1.54) is 0 Å². The summed E-state index contributed by atoms with van der Waals surface area (Å²) in [6.45, 7) is 3.52. The number of allylic oxidation sites excluding steroid dienone is 1. The third kappa shape index (κ3) is 5.79. The van der Waals surface area contributed by atoms with Gasteiger partial charge in [-0.05, 0) is 29.8 Å². The Morgan fingerprint density at radius 1 is 1.00 bits per heavy atom. The molecule has 0 bridgehead atoms. The number of ether oxygens (including phenoxy) is 4. The van der Waals surface area contributed by atoms with E-state index in [0.717, 1.165) is 0 Å². The first-order chi connectivity index (χ1) is 15.5. The molecule has 4 atom stereocenters. The second-order valence-electron chi connectivity index (χ2n) is 6.74. The zero-order valence-electron chi connectivity index (χ0n) is 16.9. The van der Waals surface area contributed by atoms with Crippen LogP contribution in [0.2, 0.25) is 0 Å². The first kappa shape index (κ1) is 23.1. The Morgan fingerprint density at radius 2 is 1.53 bits per heavy atom. The Labute approximate surface area is 189 Å². The standard InChI is InChI=1S/C22H20ClN3O6/c1-14(12-23)30-22-19(32-21(28)16-10-6-3-7-11-16)18(17(13-29-22)25-26-24)31-20(27)15-8-4-2-5-9-15/h2-11,17-19,22H,1,12-13H2/t17-,18+,19-,22?/m0/s1. The number of esters is 2. The molecular formula is C22H20ClN3O6. The summed E-state index contributed by atoms with van der Waals surface area (Å²) < 4.78 is 22.5. The number of azide groups is 1. The number of benzene rings is 2. The van der Waals surface area contributed by atoms with Crippen LogP contribution in [0.5, 0.6) is 0 Å². The van der Waals surface area contributed by atoms with Gasteiger partial charge in [-0.15, -0.1) is 11.6 Å². The van der Waals surface area contributed by atoms with Gasteiger partial charge in [0.2, 0.25) is 12.4 Å². The number of halogens is 1. The minimum atomic E-state index is -1.26. The van der Waals surface area contributed by atoms with Crippen LogP contribution in [0.25, 0.3) is 10.4 Å². The highest BCUT2D eigenvalue weighted by Crippen LogP contribution is 2.28. The average molecular weight is 458 g/mol. The molecule has 0 amide bonds. The summed E-state index contributed by atoms with van der Waals surface area (Å²) in [6, 6.07) is 15.5. The Kier molecular flexibility index (Phi) is 8.10. The monoisotopic (exact) mass is 457 g/mol. The Morgan fingerprint density at radius 3 is 2.03 bits per heavy atom. The van der Waals surface area contributed by atoms with Crippen molar-refractivity contribution in [2.45, 2.75) is 24.5 Å². The van der Waals surface area contributed by atoms with E-state index in [0.29, 0.717) is 0 Å². The molecule has 1 heterocycles. The van der Waals surface area contributed by atoms with Gasteiger partial charge in [-0.3, -0.25) is 0 Å². The highest BCUT2D eigenvalue weighted by molar-refractivity contribution is 6.19. The number of alkyl halides is 1. The molecule has 1 aliphatic heterocycles. The van der Waals surface area contributed by atoms with Crippen LogP contribution in [0.4, 0.5) is 0 Å². The van der Waals surface area contributed by atoms with E-state index < -0.39 is 36.5 Å². The SMILES string of the molecule is C=C(CCl)OC1OC[C@H](N=[N+]=[N-])[C@@H](OC(=O)c2ccccc2)[C@@H]1OC(=O)c1ccccc1. The van der Waals surface area contributed by atoms with Crippen molar-refractivity contribution in [2.75, 3.05) is 12.5 Å². The Hall–Kier alpha value is -3.52. The van der Waals surface area contributed by atoms with Crippen LogP contribution >= 0.6 is 11.6 Å². The maximum absolute atomic E-state index is 12.8. The van der Waals surface area contributed by atoms with Crippen molar-refractivity contribution in [1.29, 1.82) is 0 Å². The first-order valence-electron chi connectivity index (χ1n) is 9.61. The Balaban J connectivity index is 1.92. The van der Waals surface area contributed by atoms with Crippen LogP contribution in [0.1, 0.15) is 20.7 Å². The maximum Gasteiger partial charge on any atom is 0.338 e. The molecule has 32 heavy (non-hydrogen) atoms. The third-order valence-corrected chi connectivity index (χ3v) is 4.84. The number of rotatable bonds is 8. The fraction of sp³-hybridized carbons (Fsp3) is 0.273. The van der Waals surface area contributed by atoms with Crippen molar-refractivity contribution in [3.05, 3.63) is 94.6 Å². The molecule has 2 aromatic rings. The lowest BCUT2D eigenvalue weighted by Crippen LogP contribution is -2.56. The summed E-state index contributed by atoms with van der Waals surface area (Å²) >= 11 is 5.76. The summed E-state index contributed by atoms with van der Waals surface area (Å²) in [6.07, 6.45) is -3.64. The van der Waals surface area contributed by atoms with Crippen molar-refractivity contribution in [3.63, 3.8) is 0 Å². The van der Waals surface area contributed by atoms with Crippen LogP contribution < -0.4 is 0 Å². The zero-order valence-corrected chi connectivity index (χ0v) is 17.6. The van der Waals surface area contributed by atoms with Gasteiger partial charge in [0, 0.05) is 4.91 Å². The average Bonchev–Trinajstić information content (AvgIpc) is 2.83. The van der Waals surface area contributed by atoms with Gasteiger partial charge in [-0.1, -0.05) is 48.1 Å². The van der Waals surface area contributed by atoms with E-state index >= 15 is 0 Å². The lowest BCUT2D eigenvalue weighted by molar-refractivity contribution is -0.232. The molecule has 0 spiro atoms. The molecule has 1 aliphatic rings. The first-order valence-corrected chi connectivity index (χ1v) is 10.1. The van der Waals surface area contributed by atoms with Crippen LogP contribution in [0, 0.1) is 0 Å². The second-order valence-corrected chi connectivity index (χ2v) is 7.00. The number of carbonyl (C=O) groups is 2. The molecule has 2 aromatic carbocycles. The fourth-order valence-electron chi connectivity index (χ4n) is 3.02. The smallest absolute Gasteiger partial charge is 0.338 e. The minimum Gasteiger partial charge on any atom is -0.464 e. The number of hydrogen-bond acceptors (Lipinski definition) is 7. The van der Waals surface area contributed by atoms with Gasteiger partial charge in [0.1, 0.15) is 11.8 Å². The third-order valence-electron chi connectivity index (χ3n) is 4.54. The topological polar surface area (TPSA) is 120 Å². The number of carbonyl (C=O) groups excluding carboxylic acids is 2. The molecule has 9 nitrogen and oxygen atoms in total. The minimum absolute atomic E-state index is 0.0343. The van der Waals surface area contributed by atoms with Crippen molar-refractivity contribution in [2.24, 2.45) is 5.11 Å². The van der Waals surface area contributed by atoms with Gasteiger partial charge in [-0.25, -0.2) is 9.59 Å². The number of nitrogens with zero attached hydrogens (tertiary/aromatic N) is 3. The maximum atomic E-state index is 12.8. The van der Waals surface area contributed by atoms with Gasteiger partial charge in [0.25, 0.3) is 0 Å². The van der Waals surface area contributed by atoms with E-state index in [1.807, 2.05) is 0 Å². The van der Waals surface area contributed by atoms with Crippen LogP contribution in [0.15, 0.2) is 78.1 Å². The normalized spacial score (nSPS) is 22.2. The van der Waals surface area contributed by atoms with Gasteiger partial charge in [-0.2, -0.15) is 0 Å². The molecule has 3 rings (SSSR count). The van der Waals surface area contributed by atoms with Gasteiger partial charge < -0.3 is 18.9 Å². The van der Waals surface area contributed by atoms with Crippen LogP contribution in [-0.2, 0) is 18.9 Å². The van der Waals surface area contributed by atoms with Gasteiger partial charge in [0.15, 0.2) is 6.10 Å². The highest BCUT2D eigenvalue weighted by atomic mass is 35.5. The summed E-state index contributed by atoms with van der Waals surface area (Å²) in [5.41, 5.74) is 9.51. The molecule has 0 aromatic heterocycles. The van der Waals surface area contributed by atoms with Crippen molar-refractivity contribution in [1.82, 2.24) is 0 Å². The van der Waals surface area contributed by atoms with Gasteiger partial charge in [0.05, 0.1) is 23.6 Å². The summed E-state index contributed by atoms with van der Waals surface area (Å²) in [5, 5.41) is 3.66. The van der Waals surface area contributed by atoms with Crippen LogP contribution in [-0.4, -0.2) is 49.0 Å². The zero-order chi connectivity index (χ0) is 22.9. The van der Waals surface area contributed by atoms with Crippen molar-refractivity contribution >= 4 is 23.5 Å². The lowest BCUT2D eigenvalue weighted by Gasteiger charge is -2.39. The molecule has 0 saturated carbocycles. The second kappa shape index (κ2) is 11.2. The molecule has 1 saturated heterocycles. The van der Waals surface area contributed by atoms with E-state index in [9.17, 15) is 9.59 Å². The molecule has 0 radical (unpaired) electrons. The summed E-state index contributed by atoms with van der Waals surface area (Å²) in [4.78, 5) is 28.3. The van der Waals surface area contributed by atoms with E-state index in [1.54, 1.807) is 60.7 Å². The highest BCUT2D eigenvalue weighted by Gasteiger charge is 2.47. The predicted molar refractivity (Wildman–Crippen MR) is 115 cm³/mol. The fourth-order valence-corrected chi connectivity index (χ4v) is 3.08. The molecular weight excluding hydrogens is 438 g/mol. The summed E-state index contributed by atoms with van der Waals surface area (Å²) in [5.74, 6) is -1.27. The lowest BCUT2D eigenvalue weighted by atomic mass is 10.0. The molecule has 10 heteroatoms. The quantitative estimate of drug-likeness (QED) is 0.146. The molecule has 1 fully saturated rings. The predicted octanol–water partition coefficient (Wildman–Crippen LogP) is 4.24. The van der Waals surface area contributed by atoms with E-state index in [2.05, 4.69) is 16.6 Å². The molecule has 0 N–H and O–H groups in total. The van der Waals surface area contributed by atoms with E-state index in [-0.39, 0.29) is 29.4 Å². The van der Waals surface area contributed by atoms with Gasteiger partial charge >= 0.3 is 11.9 Å².